The zero-order valence-electron chi connectivity index (χ0n) is 14.6. The highest BCUT2D eigenvalue weighted by Crippen LogP contribution is 2.49. The Labute approximate surface area is 142 Å². The Morgan fingerprint density at radius 2 is 1.92 bits per heavy atom. The number of rotatable bonds is 4. The van der Waals surface area contributed by atoms with Crippen LogP contribution in [0.5, 0.6) is 0 Å². The minimum atomic E-state index is -0.854. The van der Waals surface area contributed by atoms with E-state index in [1.54, 1.807) is 6.07 Å². The maximum atomic E-state index is 13.4. The van der Waals surface area contributed by atoms with E-state index in [9.17, 15) is 13.6 Å². The summed E-state index contributed by atoms with van der Waals surface area (Å²) in [5, 5.41) is 0. The lowest BCUT2D eigenvalue weighted by molar-refractivity contribution is -0.157. The molecule has 2 saturated carbocycles. The fraction of sp³-hybridized carbons (Fsp3) is 0.650. The van der Waals surface area contributed by atoms with E-state index in [2.05, 4.69) is 20.8 Å². The highest BCUT2D eigenvalue weighted by atomic mass is 19.2. The SMILES string of the molecule is CC1CCC(C(C)C)C(OC(=O)C2CC2c2ccc(F)c(F)c2)C1. The predicted octanol–water partition coefficient (Wildman–Crippen LogP) is 5.07. The lowest BCUT2D eigenvalue weighted by atomic mass is 9.75. The van der Waals surface area contributed by atoms with Crippen molar-refractivity contribution in [2.75, 3.05) is 0 Å². The van der Waals surface area contributed by atoms with Crippen molar-refractivity contribution in [1.29, 1.82) is 0 Å². The van der Waals surface area contributed by atoms with E-state index in [4.69, 9.17) is 4.74 Å². The van der Waals surface area contributed by atoms with Crippen molar-refractivity contribution in [1.82, 2.24) is 0 Å². The van der Waals surface area contributed by atoms with Gasteiger partial charge in [-0.15, -0.1) is 0 Å². The lowest BCUT2D eigenvalue weighted by Crippen LogP contribution is -2.36. The van der Waals surface area contributed by atoms with Gasteiger partial charge < -0.3 is 4.74 Å². The maximum Gasteiger partial charge on any atom is 0.309 e. The van der Waals surface area contributed by atoms with Crippen LogP contribution >= 0.6 is 0 Å². The molecule has 1 aromatic rings. The number of benzene rings is 1. The van der Waals surface area contributed by atoms with Gasteiger partial charge in [0.15, 0.2) is 11.6 Å². The Morgan fingerprint density at radius 3 is 2.58 bits per heavy atom. The van der Waals surface area contributed by atoms with E-state index in [0.29, 0.717) is 29.7 Å². The smallest absolute Gasteiger partial charge is 0.309 e. The third-order valence-electron chi connectivity index (χ3n) is 5.69. The first-order valence-electron chi connectivity index (χ1n) is 9.02. The molecule has 0 heterocycles. The molecule has 4 heteroatoms. The molecule has 0 bridgehead atoms. The zero-order chi connectivity index (χ0) is 17.4. The average molecular weight is 336 g/mol. The van der Waals surface area contributed by atoms with Crippen molar-refractivity contribution < 1.29 is 18.3 Å². The van der Waals surface area contributed by atoms with Crippen molar-refractivity contribution >= 4 is 5.97 Å². The second kappa shape index (κ2) is 6.81. The fourth-order valence-electron chi connectivity index (χ4n) is 4.05. The summed E-state index contributed by atoms with van der Waals surface area (Å²) in [6.07, 6.45) is 3.88. The maximum absolute atomic E-state index is 13.4. The minimum absolute atomic E-state index is 0.00699. The Morgan fingerprint density at radius 1 is 1.17 bits per heavy atom. The summed E-state index contributed by atoms with van der Waals surface area (Å²) in [5.74, 6) is -0.622. The van der Waals surface area contributed by atoms with Crippen molar-refractivity contribution in [3.63, 3.8) is 0 Å². The highest BCUT2D eigenvalue weighted by Gasteiger charge is 2.47. The van der Waals surface area contributed by atoms with E-state index < -0.39 is 11.6 Å². The van der Waals surface area contributed by atoms with Gasteiger partial charge in [0.05, 0.1) is 5.92 Å². The molecule has 5 unspecified atom stereocenters. The van der Waals surface area contributed by atoms with Gasteiger partial charge in [0.2, 0.25) is 0 Å². The molecule has 3 rings (SSSR count). The van der Waals surface area contributed by atoms with Gasteiger partial charge in [-0.2, -0.15) is 0 Å². The summed E-state index contributed by atoms with van der Waals surface area (Å²) in [5.41, 5.74) is 0.688. The monoisotopic (exact) mass is 336 g/mol. The van der Waals surface area contributed by atoms with Crippen molar-refractivity contribution in [3.8, 4) is 0 Å². The Bertz CT molecular complexity index is 614. The van der Waals surface area contributed by atoms with Crippen molar-refractivity contribution in [3.05, 3.63) is 35.4 Å². The fourth-order valence-corrected chi connectivity index (χ4v) is 4.05. The molecule has 2 fully saturated rings. The van der Waals surface area contributed by atoms with Crippen molar-refractivity contribution in [2.45, 2.75) is 58.5 Å². The molecule has 0 N–H and O–H groups in total. The van der Waals surface area contributed by atoms with Crippen LogP contribution in [0.4, 0.5) is 8.78 Å². The van der Waals surface area contributed by atoms with Gasteiger partial charge in [0.1, 0.15) is 6.10 Å². The van der Waals surface area contributed by atoms with Gasteiger partial charge in [0, 0.05) is 0 Å². The van der Waals surface area contributed by atoms with E-state index in [0.717, 1.165) is 18.9 Å². The van der Waals surface area contributed by atoms with Crippen molar-refractivity contribution in [2.24, 2.45) is 23.7 Å². The summed E-state index contributed by atoms with van der Waals surface area (Å²) in [7, 11) is 0. The molecule has 2 nitrogen and oxygen atoms in total. The third kappa shape index (κ3) is 3.62. The topological polar surface area (TPSA) is 26.3 Å². The molecule has 1 aromatic carbocycles. The summed E-state index contributed by atoms with van der Waals surface area (Å²) < 4.78 is 32.3. The first-order chi connectivity index (χ1) is 11.4. The van der Waals surface area contributed by atoms with Crippen LogP contribution in [0.3, 0.4) is 0 Å². The number of ether oxygens (including phenoxy) is 1. The highest BCUT2D eigenvalue weighted by molar-refractivity contribution is 5.77. The molecule has 2 aliphatic carbocycles. The molecule has 0 aliphatic heterocycles. The zero-order valence-corrected chi connectivity index (χ0v) is 14.6. The van der Waals surface area contributed by atoms with Crippen LogP contribution in [0, 0.1) is 35.3 Å². The average Bonchev–Trinajstić information content (AvgIpc) is 3.30. The summed E-state index contributed by atoms with van der Waals surface area (Å²) in [4.78, 5) is 12.5. The molecule has 2 aliphatic rings. The molecule has 0 aromatic heterocycles. The summed E-state index contributed by atoms with van der Waals surface area (Å²) in [6.45, 7) is 6.57. The second-order valence-electron chi connectivity index (χ2n) is 7.92. The largest absolute Gasteiger partial charge is 0.462 e. The van der Waals surface area contributed by atoms with Gasteiger partial charge in [-0.3, -0.25) is 4.79 Å². The van der Waals surface area contributed by atoms with Crippen LogP contribution in [-0.4, -0.2) is 12.1 Å². The number of carbonyl (C=O) groups excluding carboxylic acids is 1. The minimum Gasteiger partial charge on any atom is -0.462 e. The van der Waals surface area contributed by atoms with E-state index in [1.165, 1.54) is 12.5 Å². The van der Waals surface area contributed by atoms with Gasteiger partial charge in [-0.05, 0) is 60.6 Å². The Balaban J connectivity index is 1.62. The predicted molar refractivity (Wildman–Crippen MR) is 88.4 cm³/mol. The van der Waals surface area contributed by atoms with E-state index >= 15 is 0 Å². The van der Waals surface area contributed by atoms with Gasteiger partial charge in [-0.25, -0.2) is 8.78 Å². The molecule has 132 valence electrons. The number of carbonyl (C=O) groups is 1. The quantitative estimate of drug-likeness (QED) is 0.717. The van der Waals surface area contributed by atoms with Crippen LogP contribution < -0.4 is 0 Å². The van der Waals surface area contributed by atoms with Crippen LogP contribution in [-0.2, 0) is 9.53 Å². The Kier molecular flexibility index (Phi) is 4.93. The van der Waals surface area contributed by atoms with Gasteiger partial charge >= 0.3 is 5.97 Å². The molecule has 0 saturated heterocycles. The number of halogens is 2. The molecule has 0 radical (unpaired) electrons. The lowest BCUT2D eigenvalue weighted by Gasteiger charge is -2.36. The van der Waals surface area contributed by atoms with Crippen LogP contribution in [0.15, 0.2) is 18.2 Å². The number of esters is 1. The summed E-state index contributed by atoms with van der Waals surface area (Å²) >= 11 is 0. The molecule has 24 heavy (non-hydrogen) atoms. The third-order valence-corrected chi connectivity index (χ3v) is 5.69. The number of hydrogen-bond acceptors (Lipinski definition) is 2. The summed E-state index contributed by atoms with van der Waals surface area (Å²) in [6, 6.07) is 3.89. The van der Waals surface area contributed by atoms with Gasteiger partial charge in [-0.1, -0.05) is 33.3 Å². The molecular formula is C20H26F2O2. The standard InChI is InChI=1S/C20H26F2O2/c1-11(2)14-6-4-12(3)8-19(14)24-20(23)16-10-15(16)13-5-7-17(21)18(22)9-13/h5,7,9,11-12,14-16,19H,4,6,8,10H2,1-3H3. The van der Waals surface area contributed by atoms with E-state index in [1.807, 2.05) is 0 Å². The van der Waals surface area contributed by atoms with Crippen LogP contribution in [0.25, 0.3) is 0 Å². The Hall–Kier alpha value is -1.45. The van der Waals surface area contributed by atoms with E-state index in [-0.39, 0.29) is 23.9 Å². The van der Waals surface area contributed by atoms with Crippen LogP contribution in [0.2, 0.25) is 0 Å². The molecule has 0 spiro atoms. The molecule has 5 atom stereocenters. The molecule has 0 amide bonds. The second-order valence-corrected chi connectivity index (χ2v) is 7.92. The first-order valence-corrected chi connectivity index (χ1v) is 9.02. The van der Waals surface area contributed by atoms with Gasteiger partial charge in [0.25, 0.3) is 0 Å². The number of hydrogen-bond donors (Lipinski definition) is 0. The van der Waals surface area contributed by atoms with Crippen LogP contribution in [0.1, 0.15) is 57.9 Å². The normalized spacial score (nSPS) is 32.7. The first kappa shape index (κ1) is 17.4. The molecular weight excluding hydrogens is 310 g/mol.